The first kappa shape index (κ1) is 14.5. The molecule has 2 aromatic heterocycles. The molecule has 1 saturated carbocycles. The zero-order chi connectivity index (χ0) is 14.7. The second kappa shape index (κ2) is 6.54. The van der Waals surface area contributed by atoms with Crippen LogP contribution in [0.25, 0.3) is 11.2 Å². The van der Waals surface area contributed by atoms with Crippen molar-refractivity contribution < 1.29 is 4.74 Å². The van der Waals surface area contributed by atoms with Crippen molar-refractivity contribution in [1.82, 2.24) is 19.9 Å². The van der Waals surface area contributed by atoms with Crippen LogP contribution in [0, 0.1) is 0 Å². The quantitative estimate of drug-likeness (QED) is 0.759. The summed E-state index contributed by atoms with van der Waals surface area (Å²) in [6, 6.07) is 1.02. The third-order valence-corrected chi connectivity index (χ3v) is 4.05. The maximum Gasteiger partial charge on any atom is 0.158 e. The van der Waals surface area contributed by atoms with Gasteiger partial charge in [-0.2, -0.15) is 0 Å². The van der Waals surface area contributed by atoms with E-state index in [2.05, 4.69) is 33.0 Å². The number of nitrogens with one attached hydrogen (secondary N) is 1. The molecule has 2 heterocycles. The minimum atomic E-state index is 0.330. The summed E-state index contributed by atoms with van der Waals surface area (Å²) in [5, 5.41) is 3.65. The van der Waals surface area contributed by atoms with Crippen LogP contribution >= 0.6 is 0 Å². The van der Waals surface area contributed by atoms with Gasteiger partial charge in [0.15, 0.2) is 5.65 Å². The lowest BCUT2D eigenvalue weighted by molar-refractivity contribution is 0.191. The Morgan fingerprint density at radius 1 is 1.33 bits per heavy atom. The Balaban J connectivity index is 1.79. The number of unbranched alkanes of at least 4 members (excludes halogenated alkanes) is 1. The van der Waals surface area contributed by atoms with Crippen molar-refractivity contribution in [2.24, 2.45) is 0 Å². The highest BCUT2D eigenvalue weighted by molar-refractivity contribution is 5.76. The lowest BCUT2D eigenvalue weighted by atomic mass is 10.1. The standard InChI is InChI=1S/C16H24N4O/c1-12(19-13-5-6-13)14-11-20(9-3-4-10-21-2)16-15(14)17-7-8-18-16/h7-8,11-13,19H,3-6,9-10H2,1-2H3. The number of aromatic nitrogens is 3. The van der Waals surface area contributed by atoms with Crippen molar-refractivity contribution in [2.45, 2.75) is 51.2 Å². The largest absolute Gasteiger partial charge is 0.385 e. The van der Waals surface area contributed by atoms with E-state index in [9.17, 15) is 0 Å². The lowest BCUT2D eigenvalue weighted by Gasteiger charge is -2.11. The van der Waals surface area contributed by atoms with Gasteiger partial charge in [0, 0.05) is 56.5 Å². The fraction of sp³-hybridized carbons (Fsp3) is 0.625. The van der Waals surface area contributed by atoms with Gasteiger partial charge in [-0.1, -0.05) is 0 Å². The molecule has 5 heteroatoms. The summed E-state index contributed by atoms with van der Waals surface area (Å²) in [6.07, 6.45) is 10.5. The third kappa shape index (κ3) is 3.41. The van der Waals surface area contributed by atoms with Gasteiger partial charge < -0.3 is 14.6 Å². The molecule has 0 radical (unpaired) electrons. The smallest absolute Gasteiger partial charge is 0.158 e. The normalized spacial score (nSPS) is 16.5. The Morgan fingerprint density at radius 3 is 2.90 bits per heavy atom. The van der Waals surface area contributed by atoms with Crippen LogP contribution in [0.2, 0.25) is 0 Å². The van der Waals surface area contributed by atoms with Crippen LogP contribution in [-0.2, 0) is 11.3 Å². The summed E-state index contributed by atoms with van der Waals surface area (Å²) in [6.45, 7) is 4.00. The molecular weight excluding hydrogens is 264 g/mol. The number of hydrogen-bond donors (Lipinski definition) is 1. The molecule has 0 amide bonds. The number of nitrogens with zero attached hydrogens (tertiary/aromatic N) is 3. The summed E-state index contributed by atoms with van der Waals surface area (Å²) in [5.41, 5.74) is 3.29. The summed E-state index contributed by atoms with van der Waals surface area (Å²) in [4.78, 5) is 9.07. The van der Waals surface area contributed by atoms with Gasteiger partial charge in [-0.25, -0.2) is 4.98 Å². The Kier molecular flexibility index (Phi) is 4.51. The minimum absolute atomic E-state index is 0.330. The monoisotopic (exact) mass is 288 g/mol. The highest BCUT2D eigenvalue weighted by atomic mass is 16.5. The number of rotatable bonds is 8. The van der Waals surface area contributed by atoms with Crippen molar-refractivity contribution in [3.05, 3.63) is 24.2 Å². The maximum atomic E-state index is 5.11. The van der Waals surface area contributed by atoms with Crippen molar-refractivity contribution in [2.75, 3.05) is 13.7 Å². The van der Waals surface area contributed by atoms with Crippen molar-refractivity contribution in [3.63, 3.8) is 0 Å². The molecule has 0 aliphatic heterocycles. The molecule has 0 bridgehead atoms. The van der Waals surface area contributed by atoms with Crippen LogP contribution in [0.4, 0.5) is 0 Å². The Hall–Kier alpha value is -1.46. The Morgan fingerprint density at radius 2 is 2.14 bits per heavy atom. The highest BCUT2D eigenvalue weighted by Gasteiger charge is 2.25. The van der Waals surface area contributed by atoms with E-state index in [1.165, 1.54) is 18.4 Å². The summed E-state index contributed by atoms with van der Waals surface area (Å²) in [5.74, 6) is 0. The zero-order valence-electron chi connectivity index (χ0n) is 12.9. The van der Waals surface area contributed by atoms with E-state index in [4.69, 9.17) is 4.74 Å². The van der Waals surface area contributed by atoms with Crippen molar-refractivity contribution in [3.8, 4) is 0 Å². The van der Waals surface area contributed by atoms with E-state index in [1.54, 1.807) is 19.5 Å². The molecule has 3 rings (SSSR count). The Bertz CT molecular complexity index is 591. The molecule has 0 saturated heterocycles. The SMILES string of the molecule is COCCCCn1cc(C(C)NC2CC2)c2nccnc21. The minimum Gasteiger partial charge on any atom is -0.385 e. The van der Waals surface area contributed by atoms with E-state index in [0.717, 1.165) is 37.2 Å². The molecule has 1 atom stereocenters. The van der Waals surface area contributed by atoms with Gasteiger partial charge in [-0.3, -0.25) is 4.98 Å². The number of aryl methyl sites for hydroxylation is 1. The molecule has 5 nitrogen and oxygen atoms in total. The number of methoxy groups -OCH3 is 1. The topological polar surface area (TPSA) is 52.0 Å². The average Bonchev–Trinajstić information content (AvgIpc) is 3.23. The second-order valence-electron chi connectivity index (χ2n) is 5.87. The first-order valence-electron chi connectivity index (χ1n) is 7.84. The van der Waals surface area contributed by atoms with E-state index < -0.39 is 0 Å². The van der Waals surface area contributed by atoms with Crippen molar-refractivity contribution in [1.29, 1.82) is 0 Å². The molecule has 0 spiro atoms. The average molecular weight is 288 g/mol. The third-order valence-electron chi connectivity index (χ3n) is 4.05. The van der Waals surface area contributed by atoms with Crippen LogP contribution in [0.1, 0.15) is 44.2 Å². The number of ether oxygens (including phenoxy) is 1. The van der Waals surface area contributed by atoms with Gasteiger partial charge in [0.25, 0.3) is 0 Å². The second-order valence-corrected chi connectivity index (χ2v) is 5.87. The molecule has 1 aliphatic rings. The van der Waals surface area contributed by atoms with Crippen LogP contribution in [-0.4, -0.2) is 34.3 Å². The molecule has 2 aromatic rings. The van der Waals surface area contributed by atoms with E-state index >= 15 is 0 Å². The van der Waals surface area contributed by atoms with E-state index in [0.29, 0.717) is 12.1 Å². The number of fused-ring (bicyclic) bond motifs is 1. The molecule has 1 unspecified atom stereocenters. The fourth-order valence-corrected chi connectivity index (χ4v) is 2.74. The first-order valence-corrected chi connectivity index (χ1v) is 7.84. The van der Waals surface area contributed by atoms with E-state index in [1.807, 2.05) is 0 Å². The van der Waals surface area contributed by atoms with Gasteiger partial charge in [0.05, 0.1) is 0 Å². The summed E-state index contributed by atoms with van der Waals surface area (Å²) >= 11 is 0. The fourth-order valence-electron chi connectivity index (χ4n) is 2.74. The van der Waals surface area contributed by atoms with Gasteiger partial charge in [0.1, 0.15) is 5.52 Å². The molecular formula is C16H24N4O. The molecule has 21 heavy (non-hydrogen) atoms. The van der Waals surface area contributed by atoms with E-state index in [-0.39, 0.29) is 0 Å². The van der Waals surface area contributed by atoms with Crippen molar-refractivity contribution >= 4 is 11.2 Å². The lowest BCUT2D eigenvalue weighted by Crippen LogP contribution is -2.20. The maximum absolute atomic E-state index is 5.11. The van der Waals surface area contributed by atoms with Crippen LogP contribution in [0.3, 0.4) is 0 Å². The van der Waals surface area contributed by atoms with Gasteiger partial charge in [-0.05, 0) is 32.6 Å². The van der Waals surface area contributed by atoms with Crippen LogP contribution in [0.5, 0.6) is 0 Å². The summed E-state index contributed by atoms with van der Waals surface area (Å²) < 4.78 is 7.35. The molecule has 114 valence electrons. The number of hydrogen-bond acceptors (Lipinski definition) is 4. The summed E-state index contributed by atoms with van der Waals surface area (Å²) in [7, 11) is 1.75. The molecule has 1 N–H and O–H groups in total. The first-order chi connectivity index (χ1) is 10.3. The molecule has 1 aliphatic carbocycles. The molecule has 0 aromatic carbocycles. The zero-order valence-corrected chi connectivity index (χ0v) is 12.9. The molecule has 1 fully saturated rings. The van der Waals surface area contributed by atoms with Gasteiger partial charge >= 0.3 is 0 Å². The Labute approximate surface area is 125 Å². The predicted octanol–water partition coefficient (Wildman–Crippen LogP) is 2.67. The predicted molar refractivity (Wildman–Crippen MR) is 83.2 cm³/mol. The van der Waals surface area contributed by atoms with Crippen LogP contribution < -0.4 is 5.32 Å². The van der Waals surface area contributed by atoms with Gasteiger partial charge in [-0.15, -0.1) is 0 Å². The van der Waals surface area contributed by atoms with Gasteiger partial charge in [0.2, 0.25) is 0 Å². The highest BCUT2D eigenvalue weighted by Crippen LogP contribution is 2.28. The van der Waals surface area contributed by atoms with Crippen LogP contribution in [0.15, 0.2) is 18.6 Å².